The summed E-state index contributed by atoms with van der Waals surface area (Å²) < 4.78 is 5.49. The van der Waals surface area contributed by atoms with Gasteiger partial charge < -0.3 is 19.9 Å². The Kier molecular flexibility index (Phi) is 6.54. The Labute approximate surface area is 177 Å². The van der Waals surface area contributed by atoms with Gasteiger partial charge in [-0.15, -0.1) is 0 Å². The molecule has 158 valence electrons. The number of carbonyl (C=O) groups is 1. The summed E-state index contributed by atoms with van der Waals surface area (Å²) in [5.41, 5.74) is 3.30. The molecule has 0 atom stereocenters. The van der Waals surface area contributed by atoms with Gasteiger partial charge in [-0.2, -0.15) is 0 Å². The molecule has 1 saturated heterocycles. The number of nitrogens with one attached hydrogen (secondary N) is 2. The maximum Gasteiger partial charge on any atom is 0.224 e. The van der Waals surface area contributed by atoms with Crippen LogP contribution in [0, 0.1) is 0 Å². The van der Waals surface area contributed by atoms with Crippen LogP contribution in [0.2, 0.25) is 0 Å². The van der Waals surface area contributed by atoms with Crippen molar-refractivity contribution >= 4 is 22.5 Å². The molecule has 2 aromatic carbocycles. The number of H-pyrrole nitrogens is 1. The summed E-state index contributed by atoms with van der Waals surface area (Å²) in [5, 5.41) is 4.19. The summed E-state index contributed by atoms with van der Waals surface area (Å²) >= 11 is 0. The van der Waals surface area contributed by atoms with E-state index in [1.807, 2.05) is 36.5 Å². The molecule has 1 aliphatic rings. The van der Waals surface area contributed by atoms with Crippen molar-refractivity contribution in [3.05, 3.63) is 60.3 Å². The topological polar surface area (TPSA) is 60.6 Å². The highest BCUT2D eigenvalue weighted by Gasteiger charge is 2.19. The van der Waals surface area contributed by atoms with Crippen molar-refractivity contribution in [2.75, 3.05) is 51.3 Å². The maximum absolute atomic E-state index is 12.3. The minimum Gasteiger partial charge on any atom is -0.495 e. The summed E-state index contributed by atoms with van der Waals surface area (Å²) in [6.45, 7) is 5.77. The predicted octanol–water partition coefficient (Wildman–Crippen LogP) is 3.05. The van der Waals surface area contributed by atoms with E-state index in [4.69, 9.17) is 4.74 Å². The quantitative estimate of drug-likeness (QED) is 0.565. The Morgan fingerprint density at radius 1 is 1.07 bits per heavy atom. The number of anilines is 1. The lowest BCUT2D eigenvalue weighted by Crippen LogP contribution is -2.47. The fraction of sp³-hybridized carbons (Fsp3) is 0.375. The van der Waals surface area contributed by atoms with Crippen LogP contribution in [0.5, 0.6) is 5.75 Å². The van der Waals surface area contributed by atoms with E-state index in [0.717, 1.165) is 61.4 Å². The Morgan fingerprint density at radius 2 is 1.83 bits per heavy atom. The molecule has 6 nitrogen and oxygen atoms in total. The Hall–Kier alpha value is -2.99. The van der Waals surface area contributed by atoms with E-state index in [1.54, 1.807) is 7.11 Å². The van der Waals surface area contributed by atoms with Gasteiger partial charge in [0.25, 0.3) is 0 Å². The van der Waals surface area contributed by atoms with Crippen LogP contribution in [0.1, 0.15) is 12.0 Å². The fourth-order valence-corrected chi connectivity index (χ4v) is 4.15. The third-order valence-corrected chi connectivity index (χ3v) is 5.80. The average Bonchev–Trinajstić information content (AvgIpc) is 3.20. The van der Waals surface area contributed by atoms with Gasteiger partial charge >= 0.3 is 0 Å². The molecular weight excluding hydrogens is 376 g/mol. The van der Waals surface area contributed by atoms with Gasteiger partial charge in [0, 0.05) is 49.8 Å². The van der Waals surface area contributed by atoms with Crippen LogP contribution in [0.4, 0.5) is 5.69 Å². The molecule has 0 saturated carbocycles. The summed E-state index contributed by atoms with van der Waals surface area (Å²) in [6, 6.07) is 16.3. The van der Waals surface area contributed by atoms with Crippen LogP contribution in [-0.4, -0.2) is 62.2 Å². The SMILES string of the molecule is COc1ccccc1N1CCN(CCCNC(=O)Cc2c[nH]c3ccccc23)CC1. The van der Waals surface area contributed by atoms with Crippen LogP contribution in [0.15, 0.2) is 54.7 Å². The number of amides is 1. The van der Waals surface area contributed by atoms with Crippen molar-refractivity contribution in [1.82, 2.24) is 15.2 Å². The lowest BCUT2D eigenvalue weighted by Gasteiger charge is -2.36. The number of rotatable bonds is 8. The van der Waals surface area contributed by atoms with Gasteiger partial charge in [0.2, 0.25) is 5.91 Å². The number of benzene rings is 2. The molecule has 0 aliphatic carbocycles. The number of nitrogens with zero attached hydrogens (tertiary/aromatic N) is 2. The third-order valence-electron chi connectivity index (χ3n) is 5.80. The first kappa shape index (κ1) is 20.3. The number of piperazine rings is 1. The lowest BCUT2D eigenvalue weighted by molar-refractivity contribution is -0.120. The highest BCUT2D eigenvalue weighted by molar-refractivity contribution is 5.88. The fourth-order valence-electron chi connectivity index (χ4n) is 4.15. The number of hydrogen-bond acceptors (Lipinski definition) is 4. The lowest BCUT2D eigenvalue weighted by atomic mass is 10.1. The minimum absolute atomic E-state index is 0.0840. The van der Waals surface area contributed by atoms with Crippen LogP contribution in [0.3, 0.4) is 0 Å². The molecule has 1 amide bonds. The van der Waals surface area contributed by atoms with Gasteiger partial charge in [-0.3, -0.25) is 9.69 Å². The molecule has 3 aromatic rings. The predicted molar refractivity (Wildman–Crippen MR) is 121 cm³/mol. The van der Waals surface area contributed by atoms with Crippen molar-refractivity contribution in [3.63, 3.8) is 0 Å². The second-order valence-electron chi connectivity index (χ2n) is 7.74. The van der Waals surface area contributed by atoms with Gasteiger partial charge in [0.1, 0.15) is 5.75 Å². The van der Waals surface area contributed by atoms with Crippen LogP contribution >= 0.6 is 0 Å². The molecule has 6 heteroatoms. The van der Waals surface area contributed by atoms with Crippen molar-refractivity contribution in [2.24, 2.45) is 0 Å². The Balaban J connectivity index is 1.16. The summed E-state index contributed by atoms with van der Waals surface area (Å²) in [5.74, 6) is 1.02. The highest BCUT2D eigenvalue weighted by Crippen LogP contribution is 2.28. The Morgan fingerprint density at radius 3 is 2.67 bits per heavy atom. The van der Waals surface area contributed by atoms with Crippen molar-refractivity contribution in [2.45, 2.75) is 12.8 Å². The van der Waals surface area contributed by atoms with E-state index in [1.165, 1.54) is 5.69 Å². The van der Waals surface area contributed by atoms with Crippen LogP contribution < -0.4 is 15.0 Å². The molecule has 1 fully saturated rings. The van der Waals surface area contributed by atoms with Crippen LogP contribution in [0.25, 0.3) is 10.9 Å². The van der Waals surface area contributed by atoms with Crippen molar-refractivity contribution < 1.29 is 9.53 Å². The van der Waals surface area contributed by atoms with Gasteiger partial charge in [0.05, 0.1) is 19.2 Å². The van der Waals surface area contributed by atoms with Gasteiger partial charge in [-0.25, -0.2) is 0 Å². The summed E-state index contributed by atoms with van der Waals surface area (Å²) in [7, 11) is 1.72. The number of carbonyl (C=O) groups excluding carboxylic acids is 1. The first-order valence-electron chi connectivity index (χ1n) is 10.7. The molecule has 4 rings (SSSR count). The number of para-hydroxylation sites is 3. The molecule has 0 bridgehead atoms. The number of aromatic amines is 1. The summed E-state index contributed by atoms with van der Waals surface area (Å²) in [4.78, 5) is 20.4. The number of methoxy groups -OCH3 is 1. The average molecular weight is 407 g/mol. The van der Waals surface area contributed by atoms with Crippen molar-refractivity contribution in [1.29, 1.82) is 0 Å². The standard InChI is InChI=1S/C24H30N4O2/c1-30-23-10-5-4-9-22(23)28-15-13-27(14-16-28)12-6-11-25-24(29)17-19-18-26-21-8-3-2-7-20(19)21/h2-5,7-10,18,26H,6,11-17H2,1H3,(H,25,29). The normalized spacial score (nSPS) is 14.8. The Bertz CT molecular complexity index is 976. The molecule has 30 heavy (non-hydrogen) atoms. The molecule has 0 unspecified atom stereocenters. The largest absolute Gasteiger partial charge is 0.495 e. The zero-order chi connectivity index (χ0) is 20.8. The maximum atomic E-state index is 12.3. The molecule has 1 aromatic heterocycles. The zero-order valence-electron chi connectivity index (χ0n) is 17.6. The second kappa shape index (κ2) is 9.67. The number of hydrogen-bond donors (Lipinski definition) is 2. The zero-order valence-corrected chi connectivity index (χ0v) is 17.6. The van der Waals surface area contributed by atoms with Crippen molar-refractivity contribution in [3.8, 4) is 5.75 Å². The monoisotopic (exact) mass is 406 g/mol. The van der Waals surface area contributed by atoms with Gasteiger partial charge in [-0.1, -0.05) is 30.3 Å². The van der Waals surface area contributed by atoms with E-state index in [0.29, 0.717) is 13.0 Å². The van der Waals surface area contributed by atoms with Gasteiger partial charge in [-0.05, 0) is 36.7 Å². The van der Waals surface area contributed by atoms with Crippen LogP contribution in [-0.2, 0) is 11.2 Å². The number of fused-ring (bicyclic) bond motifs is 1. The molecule has 0 radical (unpaired) electrons. The second-order valence-corrected chi connectivity index (χ2v) is 7.74. The number of aromatic nitrogens is 1. The van der Waals surface area contributed by atoms with Gasteiger partial charge in [0.15, 0.2) is 0 Å². The molecular formula is C24H30N4O2. The molecule has 2 N–H and O–H groups in total. The molecule has 2 heterocycles. The van der Waals surface area contributed by atoms with E-state index in [9.17, 15) is 4.79 Å². The highest BCUT2D eigenvalue weighted by atomic mass is 16.5. The van der Waals surface area contributed by atoms with E-state index < -0.39 is 0 Å². The third kappa shape index (κ3) is 4.76. The first-order chi connectivity index (χ1) is 14.7. The smallest absolute Gasteiger partial charge is 0.224 e. The molecule has 1 aliphatic heterocycles. The van der Waals surface area contributed by atoms with E-state index in [-0.39, 0.29) is 5.91 Å². The van der Waals surface area contributed by atoms with E-state index >= 15 is 0 Å². The first-order valence-corrected chi connectivity index (χ1v) is 10.7. The molecule has 0 spiro atoms. The number of ether oxygens (including phenoxy) is 1. The summed E-state index contributed by atoms with van der Waals surface area (Å²) in [6.07, 6.45) is 3.32. The minimum atomic E-state index is 0.0840. The van der Waals surface area contributed by atoms with E-state index in [2.05, 4.69) is 38.3 Å².